The minimum atomic E-state index is -0.590. The Kier molecular flexibility index (Phi) is 3.56. The normalized spacial score (nSPS) is 19.4. The lowest BCUT2D eigenvalue weighted by Gasteiger charge is -2.18. The van der Waals surface area contributed by atoms with Gasteiger partial charge in [-0.2, -0.15) is 5.10 Å². The van der Waals surface area contributed by atoms with Crippen LogP contribution in [-0.2, 0) is 13.0 Å². The zero-order chi connectivity index (χ0) is 13.4. The van der Waals surface area contributed by atoms with E-state index in [1.807, 2.05) is 19.1 Å². The average molecular weight is 295 g/mol. The molecule has 0 saturated heterocycles. The number of halogens is 1. The molecule has 5 heteroatoms. The lowest BCUT2D eigenvalue weighted by atomic mass is 10.0. The van der Waals surface area contributed by atoms with E-state index in [1.165, 1.54) is 10.5 Å². The van der Waals surface area contributed by atoms with Crippen molar-refractivity contribution in [3.05, 3.63) is 46.7 Å². The molecule has 2 unspecified atom stereocenters. The second-order valence-electron chi connectivity index (χ2n) is 4.61. The van der Waals surface area contributed by atoms with Gasteiger partial charge in [0, 0.05) is 16.7 Å². The second-order valence-corrected chi connectivity index (χ2v) is 6.29. The first kappa shape index (κ1) is 13.0. The van der Waals surface area contributed by atoms with Crippen LogP contribution in [0, 0.1) is 0 Å². The molecule has 0 spiro atoms. The molecule has 1 aliphatic rings. The van der Waals surface area contributed by atoms with Gasteiger partial charge in [0.15, 0.2) is 0 Å². The first-order valence-electron chi connectivity index (χ1n) is 6.34. The Bertz CT molecular complexity index is 574. The van der Waals surface area contributed by atoms with E-state index in [1.54, 1.807) is 22.6 Å². The fourth-order valence-electron chi connectivity index (χ4n) is 2.48. The smallest absolute Gasteiger partial charge is 0.110 e. The van der Waals surface area contributed by atoms with Gasteiger partial charge in [0.2, 0.25) is 0 Å². The lowest BCUT2D eigenvalue weighted by Crippen LogP contribution is -2.18. The molecule has 2 atom stereocenters. The molecule has 0 radical (unpaired) electrons. The van der Waals surface area contributed by atoms with Gasteiger partial charge < -0.3 is 5.11 Å². The minimum Gasteiger partial charge on any atom is -0.386 e. The van der Waals surface area contributed by atoms with Gasteiger partial charge >= 0.3 is 0 Å². The highest BCUT2D eigenvalue weighted by Crippen LogP contribution is 2.43. The molecule has 1 N–H and O–H groups in total. The predicted octanol–water partition coefficient (Wildman–Crippen LogP) is 3.31. The molecule has 0 fully saturated rings. The van der Waals surface area contributed by atoms with Crippen LogP contribution >= 0.6 is 23.4 Å². The maximum atomic E-state index is 10.6. The molecule has 2 aromatic rings. The summed E-state index contributed by atoms with van der Waals surface area (Å²) in [6, 6.07) is 8.29. The van der Waals surface area contributed by atoms with Crippen molar-refractivity contribution in [1.29, 1.82) is 0 Å². The van der Waals surface area contributed by atoms with E-state index >= 15 is 0 Å². The molecule has 100 valence electrons. The quantitative estimate of drug-likeness (QED) is 0.944. The Balaban J connectivity index is 1.87. The van der Waals surface area contributed by atoms with Crippen LogP contribution in [0.5, 0.6) is 0 Å². The van der Waals surface area contributed by atoms with Crippen LogP contribution in [0.3, 0.4) is 0 Å². The van der Waals surface area contributed by atoms with Crippen LogP contribution in [0.25, 0.3) is 0 Å². The Morgan fingerprint density at radius 1 is 1.53 bits per heavy atom. The highest BCUT2D eigenvalue weighted by Gasteiger charge is 2.32. The SMILES string of the molecule is CCn1ncc(Cl)c1C(O)C1Cc2ccccc2S1. The number of benzene rings is 1. The number of aliphatic hydroxyl groups is 1. The standard InChI is InChI=1S/C14H15ClN2OS/c1-2-17-13(10(15)8-16-17)14(18)12-7-9-5-3-4-6-11(9)19-12/h3-6,8,12,14,18H,2,7H2,1H3. The first-order valence-corrected chi connectivity index (χ1v) is 7.60. The van der Waals surface area contributed by atoms with Gasteiger partial charge in [-0.1, -0.05) is 29.8 Å². The average Bonchev–Trinajstić information content (AvgIpc) is 3.01. The summed E-state index contributed by atoms with van der Waals surface area (Å²) in [5, 5.41) is 15.5. The fraction of sp³-hybridized carbons (Fsp3) is 0.357. The van der Waals surface area contributed by atoms with E-state index < -0.39 is 6.10 Å². The van der Waals surface area contributed by atoms with Crippen LogP contribution in [-0.4, -0.2) is 20.1 Å². The van der Waals surface area contributed by atoms with E-state index in [4.69, 9.17) is 11.6 Å². The van der Waals surface area contributed by atoms with Crippen molar-refractivity contribution in [1.82, 2.24) is 9.78 Å². The summed E-state index contributed by atoms with van der Waals surface area (Å²) in [6.07, 6.45) is 1.89. The lowest BCUT2D eigenvalue weighted by molar-refractivity contribution is 0.164. The molecule has 1 aromatic carbocycles. The third kappa shape index (κ3) is 2.29. The van der Waals surface area contributed by atoms with Gasteiger partial charge in [0.05, 0.1) is 16.9 Å². The summed E-state index contributed by atoms with van der Waals surface area (Å²) in [7, 11) is 0. The minimum absolute atomic E-state index is 0.108. The van der Waals surface area contributed by atoms with Gasteiger partial charge in [-0.05, 0) is 25.0 Å². The Labute approximate surface area is 121 Å². The zero-order valence-corrected chi connectivity index (χ0v) is 12.2. The van der Waals surface area contributed by atoms with E-state index in [0.717, 1.165) is 12.1 Å². The molecule has 19 heavy (non-hydrogen) atoms. The van der Waals surface area contributed by atoms with E-state index in [0.29, 0.717) is 11.6 Å². The van der Waals surface area contributed by atoms with Gasteiger partial charge in [0.25, 0.3) is 0 Å². The van der Waals surface area contributed by atoms with Crippen LogP contribution in [0.15, 0.2) is 35.4 Å². The van der Waals surface area contributed by atoms with E-state index in [2.05, 4.69) is 17.2 Å². The van der Waals surface area contributed by atoms with E-state index in [-0.39, 0.29) is 5.25 Å². The Morgan fingerprint density at radius 2 is 2.32 bits per heavy atom. The fourth-order valence-corrected chi connectivity index (χ4v) is 4.04. The van der Waals surface area contributed by atoms with Crippen molar-refractivity contribution in [2.24, 2.45) is 0 Å². The third-order valence-electron chi connectivity index (χ3n) is 3.44. The molecule has 0 bridgehead atoms. The molecule has 3 nitrogen and oxygen atoms in total. The maximum absolute atomic E-state index is 10.6. The molecule has 1 aliphatic heterocycles. The number of hydrogen-bond donors (Lipinski definition) is 1. The highest BCUT2D eigenvalue weighted by atomic mass is 35.5. The molecular weight excluding hydrogens is 280 g/mol. The molecule has 3 rings (SSSR count). The van der Waals surface area contributed by atoms with Gasteiger partial charge in [0.1, 0.15) is 6.10 Å². The predicted molar refractivity (Wildman–Crippen MR) is 77.7 cm³/mol. The molecule has 0 aliphatic carbocycles. The number of nitrogens with zero attached hydrogens (tertiary/aromatic N) is 2. The summed E-state index contributed by atoms with van der Waals surface area (Å²) in [5.74, 6) is 0. The summed E-state index contributed by atoms with van der Waals surface area (Å²) < 4.78 is 1.77. The number of thioether (sulfide) groups is 1. The topological polar surface area (TPSA) is 38.0 Å². The monoisotopic (exact) mass is 294 g/mol. The van der Waals surface area contributed by atoms with Crippen molar-refractivity contribution in [3.8, 4) is 0 Å². The molecule has 2 heterocycles. The first-order chi connectivity index (χ1) is 9.20. The number of aryl methyl sites for hydroxylation is 1. The number of rotatable bonds is 3. The van der Waals surface area contributed by atoms with E-state index in [9.17, 15) is 5.11 Å². The number of aliphatic hydroxyl groups excluding tert-OH is 1. The molecule has 0 amide bonds. The molecule has 1 aromatic heterocycles. The summed E-state index contributed by atoms with van der Waals surface area (Å²) in [6.45, 7) is 2.71. The highest BCUT2D eigenvalue weighted by molar-refractivity contribution is 8.00. The second kappa shape index (κ2) is 5.19. The zero-order valence-electron chi connectivity index (χ0n) is 10.6. The maximum Gasteiger partial charge on any atom is 0.110 e. The van der Waals surface area contributed by atoms with Gasteiger partial charge in [-0.25, -0.2) is 0 Å². The van der Waals surface area contributed by atoms with Crippen LogP contribution in [0.1, 0.15) is 24.3 Å². The Morgan fingerprint density at radius 3 is 3.05 bits per heavy atom. The summed E-state index contributed by atoms with van der Waals surface area (Å²) in [4.78, 5) is 1.25. The van der Waals surface area contributed by atoms with Gasteiger partial charge in [-0.3, -0.25) is 4.68 Å². The molecular formula is C14H15ClN2OS. The van der Waals surface area contributed by atoms with Crippen molar-refractivity contribution in [2.45, 2.75) is 36.1 Å². The number of fused-ring (bicyclic) bond motifs is 1. The molecule has 0 saturated carbocycles. The van der Waals surface area contributed by atoms with Crippen molar-refractivity contribution < 1.29 is 5.11 Å². The third-order valence-corrected chi connectivity index (χ3v) is 5.11. The van der Waals surface area contributed by atoms with Crippen LogP contribution in [0.4, 0.5) is 0 Å². The van der Waals surface area contributed by atoms with Crippen LogP contribution < -0.4 is 0 Å². The van der Waals surface area contributed by atoms with Crippen molar-refractivity contribution >= 4 is 23.4 Å². The van der Waals surface area contributed by atoms with Gasteiger partial charge in [-0.15, -0.1) is 11.8 Å². The number of aromatic nitrogens is 2. The largest absolute Gasteiger partial charge is 0.386 e. The summed E-state index contributed by atoms with van der Waals surface area (Å²) >= 11 is 7.88. The number of hydrogen-bond acceptors (Lipinski definition) is 3. The summed E-state index contributed by atoms with van der Waals surface area (Å²) in [5.41, 5.74) is 2.03. The van der Waals surface area contributed by atoms with Crippen molar-refractivity contribution in [2.75, 3.05) is 0 Å². The van der Waals surface area contributed by atoms with Crippen LogP contribution in [0.2, 0.25) is 5.02 Å². The Hall–Kier alpha value is -0.970. The van der Waals surface area contributed by atoms with Crippen molar-refractivity contribution in [3.63, 3.8) is 0 Å².